The van der Waals surface area contributed by atoms with E-state index in [0.717, 1.165) is 17.8 Å². The number of piperazine rings is 1. The maximum absolute atomic E-state index is 13.3. The van der Waals surface area contributed by atoms with Crippen molar-refractivity contribution in [2.45, 2.75) is 33.4 Å². The first kappa shape index (κ1) is 24.2. The highest BCUT2D eigenvalue weighted by Gasteiger charge is 2.32. The Morgan fingerprint density at radius 3 is 2.64 bits per heavy atom. The van der Waals surface area contributed by atoms with Crippen LogP contribution in [-0.2, 0) is 6.54 Å². The molecule has 0 aliphatic carbocycles. The Labute approximate surface area is 213 Å². The molecule has 3 aromatic heterocycles. The maximum atomic E-state index is 13.3. The monoisotopic (exact) mass is 509 g/mol. The highest BCUT2D eigenvalue weighted by molar-refractivity contribution is 6.29. The Kier molecular flexibility index (Phi) is 6.40. The third kappa shape index (κ3) is 5.05. The lowest BCUT2D eigenvalue weighted by Crippen LogP contribution is -2.56. The number of aliphatic hydroxyl groups is 1. The maximum Gasteiger partial charge on any atom is 0.300 e. The molecular weight excluding hydrogens is 482 g/mol. The van der Waals surface area contributed by atoms with Crippen molar-refractivity contribution in [1.82, 2.24) is 29.9 Å². The summed E-state index contributed by atoms with van der Waals surface area (Å²) in [6.07, 6.45) is 1.92. The first-order valence-electron chi connectivity index (χ1n) is 11.8. The number of nitrogens with zero attached hydrogens (tertiary/aromatic N) is 7. The number of rotatable bonds is 5. The Bertz CT molecular complexity index is 1380. The molecule has 0 saturated carbocycles. The Balaban J connectivity index is 1.27. The van der Waals surface area contributed by atoms with E-state index >= 15 is 0 Å². The Hall–Kier alpha value is -3.50. The van der Waals surface area contributed by atoms with Crippen molar-refractivity contribution in [3.8, 4) is 11.3 Å². The summed E-state index contributed by atoms with van der Waals surface area (Å²) in [5.74, 6) is -0.136. The molecule has 0 spiro atoms. The number of carbonyl (C=O) groups is 1. The fraction of sp³-hybridized carbons (Fsp3) is 0.400. The number of anilines is 1. The van der Waals surface area contributed by atoms with Crippen molar-refractivity contribution in [1.29, 1.82) is 0 Å². The van der Waals surface area contributed by atoms with E-state index < -0.39 is 6.04 Å². The van der Waals surface area contributed by atoms with E-state index in [1.54, 1.807) is 29.2 Å². The number of hydrogen-bond acceptors (Lipinski definition) is 8. The quantitative estimate of drug-likeness (QED) is 0.407. The van der Waals surface area contributed by atoms with Crippen LogP contribution in [0.15, 0.2) is 47.0 Å². The number of aromatic nitrogens is 5. The molecule has 188 valence electrons. The van der Waals surface area contributed by atoms with Crippen LogP contribution in [-0.4, -0.2) is 73.2 Å². The first-order chi connectivity index (χ1) is 17.2. The van der Waals surface area contributed by atoms with Gasteiger partial charge in [-0.1, -0.05) is 49.7 Å². The van der Waals surface area contributed by atoms with Crippen molar-refractivity contribution in [3.05, 3.63) is 53.3 Å². The fourth-order valence-corrected chi connectivity index (χ4v) is 4.46. The van der Waals surface area contributed by atoms with E-state index in [-0.39, 0.29) is 17.9 Å². The van der Waals surface area contributed by atoms with Crippen molar-refractivity contribution >= 4 is 34.8 Å². The van der Waals surface area contributed by atoms with Gasteiger partial charge in [0, 0.05) is 37.3 Å². The zero-order chi connectivity index (χ0) is 25.4. The number of aliphatic hydroxyl groups excluding tert-OH is 1. The number of pyridine rings is 1. The van der Waals surface area contributed by atoms with E-state index in [1.165, 1.54) is 0 Å². The molecule has 1 atom stereocenters. The molecule has 36 heavy (non-hydrogen) atoms. The summed E-state index contributed by atoms with van der Waals surface area (Å²) in [5.41, 5.74) is 3.25. The predicted octanol–water partition coefficient (Wildman–Crippen LogP) is 3.50. The molecule has 1 aliphatic heterocycles. The van der Waals surface area contributed by atoms with Gasteiger partial charge in [-0.15, -0.1) is 5.10 Å². The minimum absolute atomic E-state index is 0.0968. The van der Waals surface area contributed by atoms with E-state index in [2.05, 4.69) is 41.1 Å². The summed E-state index contributed by atoms with van der Waals surface area (Å²) in [6, 6.07) is 10.7. The number of hydrogen-bond donors (Lipinski definition) is 1. The summed E-state index contributed by atoms with van der Waals surface area (Å²) < 4.78 is 7.65. The van der Waals surface area contributed by atoms with Crippen LogP contribution in [0.5, 0.6) is 0 Å². The lowest BCUT2D eigenvalue weighted by atomic mass is 9.97. The van der Waals surface area contributed by atoms with Crippen molar-refractivity contribution in [3.63, 3.8) is 0 Å². The van der Waals surface area contributed by atoms with Gasteiger partial charge in [-0.25, -0.2) is 4.98 Å². The van der Waals surface area contributed by atoms with Crippen LogP contribution in [0, 0.1) is 5.41 Å². The second-order valence-corrected chi connectivity index (χ2v) is 10.6. The molecule has 0 unspecified atom stereocenters. The zero-order valence-electron chi connectivity index (χ0n) is 20.4. The normalized spacial score (nSPS) is 16.6. The lowest BCUT2D eigenvalue weighted by Gasteiger charge is -2.40. The fourth-order valence-electron chi connectivity index (χ4n) is 4.32. The van der Waals surface area contributed by atoms with E-state index in [4.69, 9.17) is 16.0 Å². The molecule has 1 amide bonds. The van der Waals surface area contributed by atoms with Crippen LogP contribution in [0.4, 0.5) is 6.01 Å². The van der Waals surface area contributed by atoms with E-state index in [0.29, 0.717) is 47.6 Å². The van der Waals surface area contributed by atoms with Crippen LogP contribution in [0.25, 0.3) is 22.5 Å². The molecule has 4 aromatic rings. The average molecular weight is 510 g/mol. The van der Waals surface area contributed by atoms with E-state index in [1.807, 2.05) is 27.9 Å². The summed E-state index contributed by atoms with van der Waals surface area (Å²) in [5, 5.41) is 18.9. The first-order valence-corrected chi connectivity index (χ1v) is 12.2. The average Bonchev–Trinajstić information content (AvgIpc) is 3.49. The van der Waals surface area contributed by atoms with Crippen LogP contribution < -0.4 is 4.90 Å². The second-order valence-electron chi connectivity index (χ2n) is 10.2. The molecule has 11 heteroatoms. The molecule has 1 aromatic carbocycles. The molecule has 0 radical (unpaired) electrons. The van der Waals surface area contributed by atoms with Crippen molar-refractivity contribution in [2.75, 3.05) is 31.1 Å². The second kappa shape index (κ2) is 9.51. The molecular formula is C25H28ClN7O3. The van der Waals surface area contributed by atoms with Gasteiger partial charge in [0.1, 0.15) is 10.8 Å². The third-order valence-electron chi connectivity index (χ3n) is 6.04. The van der Waals surface area contributed by atoms with Gasteiger partial charge in [-0.05, 0) is 29.7 Å². The summed E-state index contributed by atoms with van der Waals surface area (Å²) in [6.45, 7) is 8.34. The molecule has 1 N–H and O–H groups in total. The van der Waals surface area contributed by atoms with Crippen LogP contribution >= 0.6 is 11.6 Å². The van der Waals surface area contributed by atoms with E-state index in [9.17, 15) is 9.90 Å². The number of amides is 1. The topological polar surface area (TPSA) is 113 Å². The summed E-state index contributed by atoms with van der Waals surface area (Å²) in [4.78, 5) is 25.5. The summed E-state index contributed by atoms with van der Waals surface area (Å²) in [7, 11) is 0. The molecule has 10 nitrogen and oxygen atoms in total. The molecule has 1 fully saturated rings. The van der Waals surface area contributed by atoms with Crippen molar-refractivity contribution < 1.29 is 14.3 Å². The predicted molar refractivity (Wildman–Crippen MR) is 136 cm³/mol. The molecule has 1 aliphatic rings. The van der Waals surface area contributed by atoms with Gasteiger partial charge in [-0.3, -0.25) is 9.48 Å². The summed E-state index contributed by atoms with van der Waals surface area (Å²) >= 11 is 5.95. The van der Waals surface area contributed by atoms with Crippen LogP contribution in [0.3, 0.4) is 0 Å². The largest absolute Gasteiger partial charge is 0.422 e. The molecule has 0 bridgehead atoms. The number of carbonyl (C=O) groups excluding carboxylic acids is 1. The van der Waals surface area contributed by atoms with Gasteiger partial charge in [0.05, 0.1) is 18.8 Å². The standard InChI is InChI=1S/C25H28ClN7O3/c1-25(2,3)15-32-13-19(29-30-32)16-4-6-17(7-5-16)23(35)33-11-10-31(12-18(33)14-34)24-28-22-20(36-24)8-9-21(26)27-22/h4-9,13,18,34H,10-12,14-15H2,1-3H3/t18-/m0/s1. The Morgan fingerprint density at radius 1 is 1.14 bits per heavy atom. The minimum atomic E-state index is -0.408. The van der Waals surface area contributed by atoms with Crippen LogP contribution in [0.1, 0.15) is 31.1 Å². The zero-order valence-corrected chi connectivity index (χ0v) is 21.2. The number of oxazole rings is 1. The van der Waals surface area contributed by atoms with Crippen molar-refractivity contribution in [2.24, 2.45) is 5.41 Å². The third-order valence-corrected chi connectivity index (χ3v) is 6.25. The SMILES string of the molecule is CC(C)(C)Cn1cc(-c2ccc(C(=O)N3CCN(c4nc5nc(Cl)ccc5o4)C[C@H]3CO)cc2)nn1. The Morgan fingerprint density at radius 2 is 1.92 bits per heavy atom. The highest BCUT2D eigenvalue weighted by atomic mass is 35.5. The van der Waals surface area contributed by atoms with Gasteiger partial charge in [0.2, 0.25) is 5.65 Å². The smallest absolute Gasteiger partial charge is 0.300 e. The highest BCUT2D eigenvalue weighted by Crippen LogP contribution is 2.26. The van der Waals surface area contributed by atoms with Gasteiger partial charge in [0.15, 0.2) is 5.58 Å². The number of fused-ring (bicyclic) bond motifs is 1. The molecule has 1 saturated heterocycles. The van der Waals surface area contributed by atoms with Gasteiger partial charge < -0.3 is 19.3 Å². The molecule has 4 heterocycles. The van der Waals surface area contributed by atoms with Crippen LogP contribution in [0.2, 0.25) is 5.15 Å². The number of benzene rings is 1. The molecule has 5 rings (SSSR count). The van der Waals surface area contributed by atoms with Gasteiger partial charge in [-0.2, -0.15) is 4.98 Å². The number of halogens is 1. The van der Waals surface area contributed by atoms with Gasteiger partial charge in [0.25, 0.3) is 11.9 Å². The lowest BCUT2D eigenvalue weighted by molar-refractivity contribution is 0.0561. The van der Waals surface area contributed by atoms with Gasteiger partial charge >= 0.3 is 0 Å². The minimum Gasteiger partial charge on any atom is -0.422 e.